The molecular weight excluding hydrogens is 228 g/mol. The fourth-order valence-electron chi connectivity index (χ4n) is 1.76. The average molecular weight is 250 g/mol. The van der Waals surface area contributed by atoms with Crippen LogP contribution < -0.4 is 10.6 Å². The van der Waals surface area contributed by atoms with Crippen LogP contribution in [0.1, 0.15) is 19.8 Å². The summed E-state index contributed by atoms with van der Waals surface area (Å²) in [6.45, 7) is 2.99. The summed E-state index contributed by atoms with van der Waals surface area (Å²) in [5.74, 6) is -0.0698. The Morgan fingerprint density at radius 1 is 1.39 bits per heavy atom. The fraction of sp³-hybridized carbons (Fsp3) is 0.500. The standard InChI is InChI=1S/C14H22N2O2/c1-3-4-10-16(12-8-6-5-7-9-12)14(17)13(11-15)18-2/h5-9,13H,3-4,10-11,15H2,1-2H3. The molecule has 0 bridgehead atoms. The predicted molar refractivity (Wildman–Crippen MR) is 73.6 cm³/mol. The number of hydrogen-bond acceptors (Lipinski definition) is 3. The highest BCUT2D eigenvalue weighted by Gasteiger charge is 2.23. The van der Waals surface area contributed by atoms with Gasteiger partial charge in [0.05, 0.1) is 0 Å². The van der Waals surface area contributed by atoms with Crippen LogP contribution >= 0.6 is 0 Å². The number of benzene rings is 1. The first-order valence-electron chi connectivity index (χ1n) is 6.33. The van der Waals surface area contributed by atoms with Crippen molar-refractivity contribution in [2.45, 2.75) is 25.9 Å². The first-order valence-corrected chi connectivity index (χ1v) is 6.33. The molecule has 1 rings (SSSR count). The predicted octanol–water partition coefficient (Wildman–Crippen LogP) is 1.79. The van der Waals surface area contributed by atoms with Crippen LogP contribution in [0.4, 0.5) is 5.69 Å². The van der Waals surface area contributed by atoms with E-state index in [9.17, 15) is 4.79 Å². The Morgan fingerprint density at radius 2 is 2.06 bits per heavy atom. The number of nitrogens with two attached hydrogens (primary N) is 1. The van der Waals surface area contributed by atoms with E-state index in [1.807, 2.05) is 30.3 Å². The minimum absolute atomic E-state index is 0.0698. The van der Waals surface area contributed by atoms with Crippen molar-refractivity contribution in [3.8, 4) is 0 Å². The molecule has 0 radical (unpaired) electrons. The summed E-state index contributed by atoms with van der Waals surface area (Å²) in [4.78, 5) is 14.1. The van der Waals surface area contributed by atoms with Gasteiger partial charge in [0.1, 0.15) is 6.10 Å². The lowest BCUT2D eigenvalue weighted by Crippen LogP contribution is -2.44. The number of unbranched alkanes of at least 4 members (excludes halogenated alkanes) is 1. The molecule has 0 fully saturated rings. The highest BCUT2D eigenvalue weighted by Crippen LogP contribution is 2.16. The van der Waals surface area contributed by atoms with Gasteiger partial charge < -0.3 is 15.4 Å². The molecule has 0 spiro atoms. The van der Waals surface area contributed by atoms with E-state index >= 15 is 0 Å². The van der Waals surface area contributed by atoms with Gasteiger partial charge in [-0.25, -0.2) is 0 Å². The number of carbonyl (C=O) groups excluding carboxylic acids is 1. The Kier molecular flexibility index (Phi) is 6.39. The summed E-state index contributed by atoms with van der Waals surface area (Å²) in [6, 6.07) is 9.63. The maximum absolute atomic E-state index is 12.3. The highest BCUT2D eigenvalue weighted by molar-refractivity contribution is 5.96. The summed E-state index contributed by atoms with van der Waals surface area (Å²) in [7, 11) is 1.51. The van der Waals surface area contributed by atoms with Crippen molar-refractivity contribution in [3.63, 3.8) is 0 Å². The fourth-order valence-corrected chi connectivity index (χ4v) is 1.76. The van der Waals surface area contributed by atoms with Crippen LogP contribution in [0.3, 0.4) is 0 Å². The molecule has 0 aliphatic heterocycles. The number of rotatable bonds is 7. The zero-order chi connectivity index (χ0) is 13.4. The summed E-state index contributed by atoms with van der Waals surface area (Å²) < 4.78 is 5.13. The van der Waals surface area contributed by atoms with Gasteiger partial charge in [-0.2, -0.15) is 0 Å². The topological polar surface area (TPSA) is 55.6 Å². The van der Waals surface area contributed by atoms with Gasteiger partial charge in [0.25, 0.3) is 5.91 Å². The van der Waals surface area contributed by atoms with Gasteiger partial charge in [-0.15, -0.1) is 0 Å². The molecule has 4 heteroatoms. The van der Waals surface area contributed by atoms with E-state index in [-0.39, 0.29) is 12.5 Å². The zero-order valence-corrected chi connectivity index (χ0v) is 11.1. The maximum Gasteiger partial charge on any atom is 0.257 e. The lowest BCUT2D eigenvalue weighted by molar-refractivity contribution is -0.127. The molecule has 2 N–H and O–H groups in total. The van der Waals surface area contributed by atoms with E-state index in [1.54, 1.807) is 4.90 Å². The Balaban J connectivity index is 2.87. The smallest absolute Gasteiger partial charge is 0.257 e. The van der Waals surface area contributed by atoms with Crippen molar-refractivity contribution >= 4 is 11.6 Å². The molecule has 4 nitrogen and oxygen atoms in total. The van der Waals surface area contributed by atoms with Gasteiger partial charge in [0.15, 0.2) is 0 Å². The van der Waals surface area contributed by atoms with Gasteiger partial charge >= 0.3 is 0 Å². The summed E-state index contributed by atoms with van der Waals surface area (Å²) in [5.41, 5.74) is 6.45. The molecule has 1 unspecified atom stereocenters. The Labute approximate surface area is 109 Å². The van der Waals surface area contributed by atoms with E-state index < -0.39 is 6.10 Å². The van der Waals surface area contributed by atoms with Crippen LogP contribution in [0.25, 0.3) is 0 Å². The van der Waals surface area contributed by atoms with Crippen molar-refractivity contribution in [1.29, 1.82) is 0 Å². The summed E-state index contributed by atoms with van der Waals surface area (Å²) in [6.07, 6.45) is 1.43. The third-order valence-electron chi connectivity index (χ3n) is 2.84. The monoisotopic (exact) mass is 250 g/mol. The maximum atomic E-state index is 12.3. The molecular formula is C14H22N2O2. The molecule has 100 valence electrons. The summed E-state index contributed by atoms with van der Waals surface area (Å²) in [5, 5.41) is 0. The molecule has 1 amide bonds. The van der Waals surface area contributed by atoms with E-state index in [4.69, 9.17) is 10.5 Å². The number of para-hydroxylation sites is 1. The number of nitrogens with zero attached hydrogens (tertiary/aromatic N) is 1. The van der Waals surface area contributed by atoms with E-state index in [2.05, 4.69) is 6.92 Å². The second-order valence-electron chi connectivity index (χ2n) is 4.14. The molecule has 1 aromatic carbocycles. The van der Waals surface area contributed by atoms with Gasteiger partial charge in [-0.3, -0.25) is 4.79 Å². The second-order valence-corrected chi connectivity index (χ2v) is 4.14. The number of hydrogen-bond donors (Lipinski definition) is 1. The Morgan fingerprint density at radius 3 is 2.56 bits per heavy atom. The average Bonchev–Trinajstić information content (AvgIpc) is 2.42. The van der Waals surface area contributed by atoms with Gasteiger partial charge in [-0.1, -0.05) is 31.5 Å². The van der Waals surface area contributed by atoms with Crippen molar-refractivity contribution in [2.24, 2.45) is 5.73 Å². The third kappa shape index (κ3) is 3.82. The Hall–Kier alpha value is -1.39. The molecule has 18 heavy (non-hydrogen) atoms. The number of amides is 1. The highest BCUT2D eigenvalue weighted by atomic mass is 16.5. The number of ether oxygens (including phenoxy) is 1. The third-order valence-corrected chi connectivity index (χ3v) is 2.84. The second kappa shape index (κ2) is 7.84. The Bertz CT molecular complexity index is 350. The van der Waals surface area contributed by atoms with Gasteiger partial charge in [0.2, 0.25) is 0 Å². The first-order chi connectivity index (χ1) is 8.74. The lowest BCUT2D eigenvalue weighted by Gasteiger charge is -2.26. The number of methoxy groups -OCH3 is 1. The molecule has 0 saturated carbocycles. The van der Waals surface area contributed by atoms with Gasteiger partial charge in [0, 0.05) is 25.9 Å². The van der Waals surface area contributed by atoms with Crippen LogP contribution in [0.15, 0.2) is 30.3 Å². The molecule has 0 aromatic heterocycles. The SMILES string of the molecule is CCCCN(C(=O)C(CN)OC)c1ccccc1. The minimum Gasteiger partial charge on any atom is -0.370 e. The molecule has 0 saturated heterocycles. The number of anilines is 1. The summed E-state index contributed by atoms with van der Waals surface area (Å²) >= 11 is 0. The molecule has 0 aliphatic carbocycles. The van der Waals surface area contributed by atoms with Crippen molar-refractivity contribution in [2.75, 3.05) is 25.1 Å². The molecule has 1 aromatic rings. The quantitative estimate of drug-likeness (QED) is 0.802. The normalized spacial score (nSPS) is 12.2. The van der Waals surface area contributed by atoms with Crippen LogP contribution in [0, 0.1) is 0 Å². The van der Waals surface area contributed by atoms with E-state index in [0.717, 1.165) is 18.5 Å². The molecule has 0 aliphatic rings. The van der Waals surface area contributed by atoms with Crippen molar-refractivity contribution < 1.29 is 9.53 Å². The van der Waals surface area contributed by atoms with Gasteiger partial charge in [-0.05, 0) is 18.6 Å². The van der Waals surface area contributed by atoms with Crippen LogP contribution in [0.5, 0.6) is 0 Å². The first kappa shape index (κ1) is 14.7. The lowest BCUT2D eigenvalue weighted by atomic mass is 10.2. The zero-order valence-electron chi connectivity index (χ0n) is 11.1. The van der Waals surface area contributed by atoms with Crippen LogP contribution in [0.2, 0.25) is 0 Å². The molecule has 0 heterocycles. The number of carbonyl (C=O) groups is 1. The largest absolute Gasteiger partial charge is 0.370 e. The van der Waals surface area contributed by atoms with Crippen LogP contribution in [-0.4, -0.2) is 32.2 Å². The van der Waals surface area contributed by atoms with Crippen LogP contribution in [-0.2, 0) is 9.53 Å². The van der Waals surface area contributed by atoms with E-state index in [0.29, 0.717) is 6.54 Å². The molecule has 1 atom stereocenters. The van der Waals surface area contributed by atoms with E-state index in [1.165, 1.54) is 7.11 Å². The van der Waals surface area contributed by atoms with Crippen molar-refractivity contribution in [3.05, 3.63) is 30.3 Å². The minimum atomic E-state index is -0.568. The van der Waals surface area contributed by atoms with Crippen molar-refractivity contribution in [1.82, 2.24) is 0 Å².